The van der Waals surface area contributed by atoms with Crippen LogP contribution in [-0.4, -0.2) is 17.7 Å². The van der Waals surface area contributed by atoms with E-state index in [4.69, 9.17) is 16.3 Å². The van der Waals surface area contributed by atoms with E-state index in [1.165, 1.54) is 11.8 Å². The molecule has 4 nitrogen and oxygen atoms in total. The lowest BCUT2D eigenvalue weighted by Gasteiger charge is -2.07. The lowest BCUT2D eigenvalue weighted by molar-refractivity contribution is -0.115. The van der Waals surface area contributed by atoms with Gasteiger partial charge < -0.3 is 10.1 Å². The van der Waals surface area contributed by atoms with Crippen molar-refractivity contribution in [1.29, 1.82) is 0 Å². The van der Waals surface area contributed by atoms with Crippen molar-refractivity contribution < 1.29 is 9.53 Å². The van der Waals surface area contributed by atoms with Crippen molar-refractivity contribution in [3.05, 3.63) is 63.5 Å². The van der Waals surface area contributed by atoms with Crippen molar-refractivity contribution in [2.24, 2.45) is 4.99 Å². The third-order valence-electron chi connectivity index (χ3n) is 3.78. The van der Waals surface area contributed by atoms with Crippen LogP contribution < -0.4 is 10.1 Å². The van der Waals surface area contributed by atoms with E-state index in [0.29, 0.717) is 21.7 Å². The van der Waals surface area contributed by atoms with Crippen molar-refractivity contribution in [3.8, 4) is 5.75 Å². The highest BCUT2D eigenvalue weighted by Crippen LogP contribution is 2.32. The summed E-state index contributed by atoms with van der Waals surface area (Å²) in [6, 6.07) is 13.2. The number of hydrogen-bond donors (Lipinski definition) is 1. The van der Waals surface area contributed by atoms with Gasteiger partial charge in [-0.3, -0.25) is 4.79 Å². The van der Waals surface area contributed by atoms with Crippen molar-refractivity contribution >= 4 is 46.2 Å². The summed E-state index contributed by atoms with van der Waals surface area (Å²) in [4.78, 5) is 17.4. The molecule has 0 saturated carbocycles. The number of thioether (sulfide) groups is 1. The van der Waals surface area contributed by atoms with Gasteiger partial charge >= 0.3 is 0 Å². The van der Waals surface area contributed by atoms with Gasteiger partial charge in [0, 0.05) is 10.6 Å². The second-order valence-corrected chi connectivity index (χ2v) is 7.19. The Labute approximate surface area is 162 Å². The molecule has 1 amide bonds. The van der Waals surface area contributed by atoms with E-state index in [1.807, 2.05) is 55.5 Å². The minimum Gasteiger partial charge on any atom is -0.493 e. The van der Waals surface area contributed by atoms with Crippen molar-refractivity contribution in [1.82, 2.24) is 5.32 Å². The zero-order chi connectivity index (χ0) is 18.5. The van der Waals surface area contributed by atoms with E-state index >= 15 is 0 Å². The van der Waals surface area contributed by atoms with Crippen molar-refractivity contribution in [2.75, 3.05) is 6.61 Å². The average molecular weight is 387 g/mol. The van der Waals surface area contributed by atoms with Gasteiger partial charge in [0.2, 0.25) is 0 Å². The van der Waals surface area contributed by atoms with Crippen LogP contribution in [-0.2, 0) is 4.79 Å². The number of nitrogens with one attached hydrogen (secondary N) is 1. The van der Waals surface area contributed by atoms with E-state index in [-0.39, 0.29) is 5.91 Å². The molecule has 3 rings (SSSR count). The van der Waals surface area contributed by atoms with E-state index in [1.54, 1.807) is 0 Å². The van der Waals surface area contributed by atoms with Gasteiger partial charge in [-0.1, -0.05) is 42.8 Å². The Balaban J connectivity index is 1.85. The van der Waals surface area contributed by atoms with E-state index in [9.17, 15) is 4.79 Å². The summed E-state index contributed by atoms with van der Waals surface area (Å²) in [6.45, 7) is 4.60. The third kappa shape index (κ3) is 4.29. The molecular formula is C20H19ClN2O2S. The van der Waals surface area contributed by atoms with Crippen LogP contribution in [0.4, 0.5) is 5.69 Å². The highest BCUT2D eigenvalue weighted by Gasteiger charge is 2.24. The van der Waals surface area contributed by atoms with Crippen LogP contribution >= 0.6 is 23.4 Å². The van der Waals surface area contributed by atoms with Crippen LogP contribution in [0.5, 0.6) is 5.75 Å². The Bertz CT molecular complexity index is 893. The normalized spacial score (nSPS) is 17.0. The molecule has 0 bridgehead atoms. The van der Waals surface area contributed by atoms with Gasteiger partial charge in [-0.05, 0) is 54.9 Å². The van der Waals surface area contributed by atoms with E-state index in [0.717, 1.165) is 29.0 Å². The van der Waals surface area contributed by atoms with Crippen LogP contribution in [0.25, 0.3) is 6.08 Å². The highest BCUT2D eigenvalue weighted by molar-refractivity contribution is 8.18. The molecule has 1 aliphatic rings. The molecule has 1 aliphatic heterocycles. The maximum Gasteiger partial charge on any atom is 0.264 e. The molecule has 0 unspecified atom stereocenters. The van der Waals surface area contributed by atoms with Crippen LogP contribution in [0.15, 0.2) is 52.4 Å². The molecule has 2 aromatic rings. The monoisotopic (exact) mass is 386 g/mol. The van der Waals surface area contributed by atoms with Gasteiger partial charge in [0.15, 0.2) is 5.17 Å². The summed E-state index contributed by atoms with van der Waals surface area (Å²) < 4.78 is 5.75. The van der Waals surface area contributed by atoms with Gasteiger partial charge in [-0.15, -0.1) is 0 Å². The number of nitrogens with zero attached hydrogens (tertiary/aromatic N) is 1. The first-order chi connectivity index (χ1) is 12.6. The Morgan fingerprint density at radius 3 is 2.85 bits per heavy atom. The summed E-state index contributed by atoms with van der Waals surface area (Å²) >= 11 is 7.44. The van der Waals surface area contributed by atoms with Crippen LogP contribution in [0, 0.1) is 6.92 Å². The fraction of sp³-hybridized carbons (Fsp3) is 0.200. The average Bonchev–Trinajstić information content (AvgIpc) is 2.97. The van der Waals surface area contributed by atoms with Gasteiger partial charge in [0.25, 0.3) is 5.91 Å². The van der Waals surface area contributed by atoms with Crippen LogP contribution in [0.1, 0.15) is 24.5 Å². The second kappa shape index (κ2) is 8.43. The molecule has 26 heavy (non-hydrogen) atoms. The number of amides is 1. The predicted molar refractivity (Wildman–Crippen MR) is 109 cm³/mol. The molecule has 1 saturated heterocycles. The number of benzene rings is 2. The molecule has 0 radical (unpaired) electrons. The van der Waals surface area contributed by atoms with E-state index < -0.39 is 0 Å². The molecule has 1 N–H and O–H groups in total. The Kier molecular flexibility index (Phi) is 6.01. The van der Waals surface area contributed by atoms with Crippen molar-refractivity contribution in [3.63, 3.8) is 0 Å². The maximum atomic E-state index is 12.3. The number of hydrogen-bond acceptors (Lipinski definition) is 4. The number of ether oxygens (including phenoxy) is 1. The standard InChI is InChI=1S/C20H19ClN2O2S/c1-3-11-25-17-10-5-4-7-14(17)12-18-19(24)23-20(26-18)22-16-9-6-8-15(21)13(16)2/h4-10,12H,3,11H2,1-2H3,(H,22,23,24)/b18-12-. The number of amidine groups is 1. The molecule has 2 aromatic carbocycles. The molecule has 6 heteroatoms. The second-order valence-electron chi connectivity index (χ2n) is 5.75. The molecule has 1 heterocycles. The zero-order valence-corrected chi connectivity index (χ0v) is 16.2. The van der Waals surface area contributed by atoms with Crippen LogP contribution in [0.3, 0.4) is 0 Å². The SMILES string of the molecule is CCCOc1ccccc1/C=C1\SC(=Nc2cccc(Cl)c2C)NC1=O. The summed E-state index contributed by atoms with van der Waals surface area (Å²) in [5.74, 6) is 0.602. The molecule has 0 aromatic heterocycles. The highest BCUT2D eigenvalue weighted by atomic mass is 35.5. The predicted octanol–water partition coefficient (Wildman–Crippen LogP) is 5.33. The Morgan fingerprint density at radius 1 is 1.23 bits per heavy atom. The van der Waals surface area contributed by atoms with Gasteiger partial charge in [-0.2, -0.15) is 0 Å². The Morgan fingerprint density at radius 2 is 2.04 bits per heavy atom. The number of para-hydroxylation sites is 1. The smallest absolute Gasteiger partial charge is 0.264 e. The van der Waals surface area contributed by atoms with Crippen molar-refractivity contribution in [2.45, 2.75) is 20.3 Å². The lowest BCUT2D eigenvalue weighted by atomic mass is 10.2. The quantitative estimate of drug-likeness (QED) is 0.706. The number of rotatable bonds is 5. The Hall–Kier alpha value is -2.24. The number of aliphatic imine (C=N–C) groups is 1. The number of carbonyl (C=O) groups is 1. The summed E-state index contributed by atoms with van der Waals surface area (Å²) in [5, 5.41) is 4.00. The lowest BCUT2D eigenvalue weighted by Crippen LogP contribution is -2.19. The van der Waals surface area contributed by atoms with Gasteiger partial charge in [-0.25, -0.2) is 4.99 Å². The number of carbonyl (C=O) groups excluding carboxylic acids is 1. The summed E-state index contributed by atoms with van der Waals surface area (Å²) in [5.41, 5.74) is 2.50. The summed E-state index contributed by atoms with van der Waals surface area (Å²) in [7, 11) is 0. The first kappa shape index (κ1) is 18.5. The summed E-state index contributed by atoms with van der Waals surface area (Å²) in [6.07, 6.45) is 2.76. The first-order valence-electron chi connectivity index (χ1n) is 8.35. The largest absolute Gasteiger partial charge is 0.493 e. The topological polar surface area (TPSA) is 50.7 Å². The maximum absolute atomic E-state index is 12.3. The molecule has 0 spiro atoms. The van der Waals surface area contributed by atoms with E-state index in [2.05, 4.69) is 17.2 Å². The molecule has 1 fully saturated rings. The number of halogens is 1. The molecule has 0 atom stereocenters. The van der Waals surface area contributed by atoms with Gasteiger partial charge in [0.1, 0.15) is 5.75 Å². The first-order valence-corrected chi connectivity index (χ1v) is 9.54. The van der Waals surface area contributed by atoms with Gasteiger partial charge in [0.05, 0.1) is 17.2 Å². The minimum absolute atomic E-state index is 0.168. The fourth-order valence-corrected chi connectivity index (χ4v) is 3.39. The fourth-order valence-electron chi connectivity index (χ4n) is 2.39. The zero-order valence-electron chi connectivity index (χ0n) is 14.6. The van der Waals surface area contributed by atoms with Crippen LogP contribution in [0.2, 0.25) is 5.02 Å². The third-order valence-corrected chi connectivity index (χ3v) is 5.10. The molecule has 0 aliphatic carbocycles. The minimum atomic E-state index is -0.168. The molecular weight excluding hydrogens is 368 g/mol. The molecule has 134 valence electrons.